The standard InChI is InChI=1S/C16H27N5O3S/c1-3-20-7-9-21(10-8-20)25(22,23)15-6-5-14(24-4-2)11-13(15)12-16(17)19-18/h5-6,11H,3-4,7-10,12,18H2,1-2H3,(H2,17,19). The Hall–Kier alpha value is -1.84. The van der Waals surface area contributed by atoms with E-state index >= 15 is 0 Å². The molecule has 140 valence electrons. The summed E-state index contributed by atoms with van der Waals surface area (Å²) in [6.45, 7) is 7.77. The van der Waals surface area contributed by atoms with E-state index in [1.165, 1.54) is 4.31 Å². The second-order valence-corrected chi connectivity index (χ2v) is 7.74. The van der Waals surface area contributed by atoms with Gasteiger partial charge in [-0.1, -0.05) is 6.92 Å². The van der Waals surface area contributed by atoms with Crippen LogP contribution in [0.1, 0.15) is 19.4 Å². The lowest BCUT2D eigenvalue weighted by molar-refractivity contribution is 0.196. The van der Waals surface area contributed by atoms with Gasteiger partial charge in [-0.3, -0.25) is 0 Å². The van der Waals surface area contributed by atoms with Crippen molar-refractivity contribution in [3.8, 4) is 5.75 Å². The third kappa shape index (κ3) is 4.62. The van der Waals surface area contributed by atoms with Gasteiger partial charge in [0, 0.05) is 32.6 Å². The SMILES string of the molecule is CCOc1ccc(S(=O)(=O)N2CCN(CC)CC2)c(CC(N)=NN)c1. The molecule has 1 aromatic carbocycles. The van der Waals surface area contributed by atoms with Crippen LogP contribution in [0.3, 0.4) is 0 Å². The third-order valence-corrected chi connectivity index (χ3v) is 6.28. The molecule has 25 heavy (non-hydrogen) atoms. The van der Waals surface area contributed by atoms with Gasteiger partial charge in [-0.15, -0.1) is 0 Å². The van der Waals surface area contributed by atoms with Crippen LogP contribution in [0, 0.1) is 0 Å². The molecule has 0 amide bonds. The maximum absolute atomic E-state index is 13.1. The number of hydrogen-bond donors (Lipinski definition) is 2. The molecule has 1 aromatic rings. The van der Waals surface area contributed by atoms with E-state index in [9.17, 15) is 8.42 Å². The minimum atomic E-state index is -3.61. The number of rotatable bonds is 7. The van der Waals surface area contributed by atoms with E-state index < -0.39 is 10.0 Å². The zero-order valence-corrected chi connectivity index (χ0v) is 15.6. The number of amidine groups is 1. The van der Waals surface area contributed by atoms with Gasteiger partial charge in [0.25, 0.3) is 0 Å². The first-order chi connectivity index (χ1) is 11.9. The highest BCUT2D eigenvalue weighted by Gasteiger charge is 2.30. The highest BCUT2D eigenvalue weighted by molar-refractivity contribution is 7.89. The topological polar surface area (TPSA) is 114 Å². The Balaban J connectivity index is 2.35. The Morgan fingerprint density at radius 2 is 1.92 bits per heavy atom. The van der Waals surface area contributed by atoms with Gasteiger partial charge < -0.3 is 21.2 Å². The minimum Gasteiger partial charge on any atom is -0.494 e. The van der Waals surface area contributed by atoms with Crippen molar-refractivity contribution in [2.45, 2.75) is 25.2 Å². The molecular formula is C16H27N5O3S. The molecule has 1 fully saturated rings. The predicted molar refractivity (Wildman–Crippen MR) is 98.0 cm³/mol. The van der Waals surface area contributed by atoms with Gasteiger partial charge in [0.2, 0.25) is 10.0 Å². The minimum absolute atomic E-state index is 0.154. The van der Waals surface area contributed by atoms with Crippen LogP contribution in [0.15, 0.2) is 28.2 Å². The number of ether oxygens (including phenoxy) is 1. The Bertz CT molecular complexity index is 712. The molecule has 0 radical (unpaired) electrons. The summed E-state index contributed by atoms with van der Waals surface area (Å²) < 4.78 is 33.2. The molecule has 1 saturated heterocycles. The van der Waals surface area contributed by atoms with Gasteiger partial charge in [-0.05, 0) is 37.2 Å². The number of piperazine rings is 1. The summed E-state index contributed by atoms with van der Waals surface area (Å²) in [5.74, 6) is 5.98. The molecule has 0 aliphatic carbocycles. The van der Waals surface area contributed by atoms with Crippen molar-refractivity contribution < 1.29 is 13.2 Å². The van der Waals surface area contributed by atoms with Crippen LogP contribution < -0.4 is 16.3 Å². The van der Waals surface area contributed by atoms with Crippen LogP contribution in [0.25, 0.3) is 0 Å². The molecule has 0 aromatic heterocycles. The normalized spacial score (nSPS) is 17.6. The fourth-order valence-corrected chi connectivity index (χ4v) is 4.49. The maximum Gasteiger partial charge on any atom is 0.243 e. The van der Waals surface area contributed by atoms with Crippen molar-refractivity contribution in [2.24, 2.45) is 16.7 Å². The fraction of sp³-hybridized carbons (Fsp3) is 0.562. The molecular weight excluding hydrogens is 342 g/mol. The lowest BCUT2D eigenvalue weighted by atomic mass is 10.1. The molecule has 2 rings (SSSR count). The van der Waals surface area contributed by atoms with E-state index in [0.29, 0.717) is 31.0 Å². The summed E-state index contributed by atoms with van der Waals surface area (Å²) in [6.07, 6.45) is 0.154. The summed E-state index contributed by atoms with van der Waals surface area (Å²) in [4.78, 5) is 2.46. The Kier molecular flexibility index (Phi) is 6.63. The number of benzene rings is 1. The van der Waals surface area contributed by atoms with Crippen LogP contribution in [-0.2, 0) is 16.4 Å². The molecule has 0 spiro atoms. The maximum atomic E-state index is 13.1. The van der Waals surface area contributed by atoms with E-state index in [1.807, 2.05) is 6.92 Å². The van der Waals surface area contributed by atoms with Crippen LogP contribution in [0.4, 0.5) is 0 Å². The Morgan fingerprint density at radius 1 is 1.24 bits per heavy atom. The molecule has 0 saturated carbocycles. The summed E-state index contributed by atoms with van der Waals surface area (Å²) in [7, 11) is -3.61. The van der Waals surface area contributed by atoms with Gasteiger partial charge in [0.1, 0.15) is 11.6 Å². The van der Waals surface area contributed by atoms with Crippen molar-refractivity contribution in [3.05, 3.63) is 23.8 Å². The Morgan fingerprint density at radius 3 is 2.48 bits per heavy atom. The molecule has 0 atom stereocenters. The molecule has 9 heteroatoms. The molecule has 1 heterocycles. The summed E-state index contributed by atoms with van der Waals surface area (Å²) in [6, 6.07) is 4.93. The van der Waals surface area contributed by atoms with Crippen LogP contribution in [0.2, 0.25) is 0 Å². The first-order valence-corrected chi connectivity index (χ1v) is 9.86. The van der Waals surface area contributed by atoms with E-state index in [1.54, 1.807) is 18.2 Å². The van der Waals surface area contributed by atoms with Crippen LogP contribution in [0.5, 0.6) is 5.75 Å². The molecule has 1 aliphatic rings. The fourth-order valence-electron chi connectivity index (χ4n) is 2.87. The third-order valence-electron chi connectivity index (χ3n) is 4.28. The monoisotopic (exact) mass is 369 g/mol. The van der Waals surface area contributed by atoms with E-state index in [0.717, 1.165) is 19.6 Å². The number of likely N-dealkylation sites (N-methyl/N-ethyl adjacent to an activating group) is 1. The average Bonchev–Trinajstić information content (AvgIpc) is 2.62. The first kappa shape index (κ1) is 19.5. The number of hydrogen-bond acceptors (Lipinski definition) is 6. The van der Waals surface area contributed by atoms with Gasteiger partial charge in [-0.25, -0.2) is 8.42 Å². The molecule has 1 aliphatic heterocycles. The van der Waals surface area contributed by atoms with Crippen molar-refractivity contribution in [2.75, 3.05) is 39.3 Å². The Labute approximate surface area is 149 Å². The lowest BCUT2D eigenvalue weighted by Crippen LogP contribution is -2.48. The summed E-state index contributed by atoms with van der Waals surface area (Å²) in [5.41, 5.74) is 6.26. The molecule has 8 nitrogen and oxygen atoms in total. The summed E-state index contributed by atoms with van der Waals surface area (Å²) in [5, 5.41) is 3.45. The number of nitrogens with two attached hydrogens (primary N) is 2. The zero-order valence-electron chi connectivity index (χ0n) is 14.8. The molecule has 0 unspecified atom stereocenters. The lowest BCUT2D eigenvalue weighted by Gasteiger charge is -2.33. The van der Waals surface area contributed by atoms with E-state index in [2.05, 4.69) is 16.9 Å². The average molecular weight is 369 g/mol. The molecule has 4 N–H and O–H groups in total. The second kappa shape index (κ2) is 8.50. The van der Waals surface area contributed by atoms with Crippen molar-refractivity contribution in [3.63, 3.8) is 0 Å². The smallest absolute Gasteiger partial charge is 0.243 e. The van der Waals surface area contributed by atoms with Gasteiger partial charge >= 0.3 is 0 Å². The predicted octanol–water partition coefficient (Wildman–Crippen LogP) is 0.185. The highest BCUT2D eigenvalue weighted by atomic mass is 32.2. The largest absolute Gasteiger partial charge is 0.494 e. The number of sulfonamides is 1. The zero-order chi connectivity index (χ0) is 18.4. The van der Waals surface area contributed by atoms with Gasteiger partial charge in [0.15, 0.2) is 0 Å². The van der Waals surface area contributed by atoms with Crippen LogP contribution >= 0.6 is 0 Å². The summed E-state index contributed by atoms with van der Waals surface area (Å²) >= 11 is 0. The first-order valence-electron chi connectivity index (χ1n) is 8.42. The van der Waals surface area contributed by atoms with E-state index in [4.69, 9.17) is 16.3 Å². The number of hydrazone groups is 1. The quantitative estimate of drug-likeness (QED) is 0.307. The van der Waals surface area contributed by atoms with Crippen molar-refractivity contribution >= 4 is 15.9 Å². The van der Waals surface area contributed by atoms with Crippen molar-refractivity contribution in [1.29, 1.82) is 0 Å². The molecule has 0 bridgehead atoms. The van der Waals surface area contributed by atoms with Crippen molar-refractivity contribution in [1.82, 2.24) is 9.21 Å². The van der Waals surface area contributed by atoms with E-state index in [-0.39, 0.29) is 17.2 Å². The highest BCUT2D eigenvalue weighted by Crippen LogP contribution is 2.26. The van der Waals surface area contributed by atoms with Gasteiger partial charge in [-0.2, -0.15) is 9.41 Å². The number of nitrogens with zero attached hydrogens (tertiary/aromatic N) is 3. The van der Waals surface area contributed by atoms with Gasteiger partial charge in [0.05, 0.1) is 11.5 Å². The second-order valence-electron chi connectivity index (χ2n) is 5.84. The van der Waals surface area contributed by atoms with Crippen LogP contribution in [-0.4, -0.2) is 62.8 Å².